The van der Waals surface area contributed by atoms with Gasteiger partial charge in [-0.1, -0.05) is 18.2 Å². The highest BCUT2D eigenvalue weighted by Crippen LogP contribution is 2.24. The topological polar surface area (TPSA) is 55.1 Å². The Morgan fingerprint density at radius 3 is 2.71 bits per heavy atom. The van der Waals surface area contributed by atoms with Gasteiger partial charge in [-0.05, 0) is 19.1 Å². The molecule has 3 N–H and O–H groups in total. The first kappa shape index (κ1) is 12.9. The van der Waals surface area contributed by atoms with E-state index in [0.717, 1.165) is 6.07 Å². The number of allylic oxidation sites excluding steroid dienone is 3. The molecule has 0 spiro atoms. The van der Waals surface area contributed by atoms with Crippen molar-refractivity contribution in [3.05, 3.63) is 48.1 Å². The van der Waals surface area contributed by atoms with Crippen LogP contribution in [0.2, 0.25) is 0 Å². The molecule has 0 unspecified atom stereocenters. The van der Waals surface area contributed by atoms with Crippen molar-refractivity contribution in [2.45, 2.75) is 6.92 Å². The molecule has 0 radical (unpaired) electrons. The van der Waals surface area contributed by atoms with Crippen LogP contribution < -0.4 is 11.1 Å². The quantitative estimate of drug-likeness (QED) is 0.483. The van der Waals surface area contributed by atoms with E-state index < -0.39 is 17.5 Å². The van der Waals surface area contributed by atoms with Gasteiger partial charge in [-0.2, -0.15) is 0 Å². The van der Waals surface area contributed by atoms with Crippen LogP contribution in [0.15, 0.2) is 36.4 Å². The molecular formula is C12H12F2N2O. The molecule has 3 nitrogen and oxygen atoms in total. The summed E-state index contributed by atoms with van der Waals surface area (Å²) in [6, 6.07) is 2.08. The van der Waals surface area contributed by atoms with Gasteiger partial charge in [-0.3, -0.25) is 4.79 Å². The Morgan fingerprint density at radius 2 is 2.06 bits per heavy atom. The smallest absolute Gasteiger partial charge is 0.248 e. The van der Waals surface area contributed by atoms with Gasteiger partial charge in [0, 0.05) is 6.08 Å². The zero-order valence-electron chi connectivity index (χ0n) is 9.21. The minimum atomic E-state index is -1.17. The third kappa shape index (κ3) is 3.41. The number of anilines is 2. The second-order valence-electron chi connectivity index (χ2n) is 3.20. The van der Waals surface area contributed by atoms with Gasteiger partial charge in [-0.25, -0.2) is 8.78 Å². The number of rotatable bonds is 3. The Kier molecular flexibility index (Phi) is 4.39. The first-order chi connectivity index (χ1) is 8.06. The number of nitrogen functional groups attached to an aromatic ring is 1. The standard InChI is InChI=1S/C12H12F2N2O/c1-2-3-4-5-10(17)16-12-9(15)7-6-8(13)11(12)14/h2-7H,15H2,1H3,(H,16,17)/b3-2+,5-4+. The number of halogens is 2. The second-order valence-corrected chi connectivity index (χ2v) is 3.20. The van der Waals surface area contributed by atoms with Crippen LogP contribution in [-0.2, 0) is 4.79 Å². The highest BCUT2D eigenvalue weighted by atomic mass is 19.2. The normalized spacial score (nSPS) is 11.2. The molecule has 1 aromatic rings. The van der Waals surface area contributed by atoms with E-state index in [1.807, 2.05) is 0 Å². The fourth-order valence-electron chi connectivity index (χ4n) is 1.11. The van der Waals surface area contributed by atoms with Crippen LogP contribution in [-0.4, -0.2) is 5.91 Å². The van der Waals surface area contributed by atoms with E-state index in [1.54, 1.807) is 19.1 Å². The summed E-state index contributed by atoms with van der Waals surface area (Å²) < 4.78 is 26.2. The predicted octanol–water partition coefficient (Wildman–Crippen LogP) is 2.62. The van der Waals surface area contributed by atoms with E-state index in [2.05, 4.69) is 5.32 Å². The van der Waals surface area contributed by atoms with Crippen molar-refractivity contribution < 1.29 is 13.6 Å². The molecule has 0 heterocycles. The predicted molar refractivity (Wildman–Crippen MR) is 63.4 cm³/mol. The van der Waals surface area contributed by atoms with E-state index in [9.17, 15) is 13.6 Å². The highest BCUT2D eigenvalue weighted by Gasteiger charge is 2.12. The van der Waals surface area contributed by atoms with Crippen LogP contribution >= 0.6 is 0 Å². The summed E-state index contributed by atoms with van der Waals surface area (Å²) in [6.45, 7) is 1.78. The molecular weight excluding hydrogens is 226 g/mol. The van der Waals surface area contributed by atoms with Crippen LogP contribution in [0, 0.1) is 11.6 Å². The lowest BCUT2D eigenvalue weighted by atomic mass is 10.2. The average Bonchev–Trinajstić information content (AvgIpc) is 2.30. The van der Waals surface area contributed by atoms with E-state index in [1.165, 1.54) is 18.2 Å². The lowest BCUT2D eigenvalue weighted by molar-refractivity contribution is -0.111. The minimum Gasteiger partial charge on any atom is -0.397 e. The summed E-state index contributed by atoms with van der Waals surface area (Å²) >= 11 is 0. The van der Waals surface area contributed by atoms with Crippen LogP contribution in [0.1, 0.15) is 6.92 Å². The fraction of sp³-hybridized carbons (Fsp3) is 0.0833. The lowest BCUT2D eigenvalue weighted by Gasteiger charge is -2.07. The van der Waals surface area contributed by atoms with Gasteiger partial charge in [0.15, 0.2) is 11.6 Å². The molecule has 0 saturated heterocycles. The van der Waals surface area contributed by atoms with E-state index in [-0.39, 0.29) is 11.4 Å². The molecule has 0 saturated carbocycles. The summed E-state index contributed by atoms with van der Waals surface area (Å²) in [5.41, 5.74) is 5.06. The third-order valence-corrected chi connectivity index (χ3v) is 1.93. The number of hydrogen-bond acceptors (Lipinski definition) is 2. The SMILES string of the molecule is C/C=C/C=C/C(=O)Nc1c(N)ccc(F)c1F. The zero-order valence-corrected chi connectivity index (χ0v) is 9.21. The monoisotopic (exact) mass is 238 g/mol. The van der Waals surface area contributed by atoms with Gasteiger partial charge in [0.25, 0.3) is 0 Å². The lowest BCUT2D eigenvalue weighted by Crippen LogP contribution is -2.12. The fourth-order valence-corrected chi connectivity index (χ4v) is 1.11. The van der Waals surface area contributed by atoms with Crippen molar-refractivity contribution in [1.29, 1.82) is 0 Å². The zero-order chi connectivity index (χ0) is 12.8. The highest BCUT2D eigenvalue weighted by molar-refractivity contribution is 6.01. The Balaban J connectivity index is 2.88. The van der Waals surface area contributed by atoms with Gasteiger partial charge in [-0.15, -0.1) is 0 Å². The molecule has 0 aliphatic rings. The minimum absolute atomic E-state index is 0.0308. The molecule has 0 aliphatic heterocycles. The number of nitrogens with two attached hydrogens (primary N) is 1. The molecule has 0 aliphatic carbocycles. The average molecular weight is 238 g/mol. The number of amides is 1. The van der Waals surface area contributed by atoms with Crippen LogP contribution in [0.25, 0.3) is 0 Å². The number of carbonyl (C=O) groups is 1. The van der Waals surface area contributed by atoms with Crippen molar-refractivity contribution in [3.8, 4) is 0 Å². The molecule has 0 atom stereocenters. The van der Waals surface area contributed by atoms with Gasteiger partial charge in [0.05, 0.1) is 5.69 Å². The van der Waals surface area contributed by atoms with Crippen molar-refractivity contribution in [2.75, 3.05) is 11.1 Å². The Bertz CT molecular complexity index is 482. The van der Waals surface area contributed by atoms with E-state index >= 15 is 0 Å². The van der Waals surface area contributed by atoms with Gasteiger partial charge in [0.1, 0.15) is 5.69 Å². The number of benzene rings is 1. The summed E-state index contributed by atoms with van der Waals surface area (Å²) in [5.74, 6) is -2.82. The van der Waals surface area contributed by atoms with Gasteiger partial charge in [0.2, 0.25) is 5.91 Å². The summed E-state index contributed by atoms with van der Waals surface area (Å²) in [5, 5.41) is 2.18. The molecule has 1 aromatic carbocycles. The third-order valence-electron chi connectivity index (χ3n) is 1.93. The molecule has 0 fully saturated rings. The first-order valence-electron chi connectivity index (χ1n) is 4.90. The first-order valence-corrected chi connectivity index (χ1v) is 4.90. The Morgan fingerprint density at radius 1 is 1.35 bits per heavy atom. The van der Waals surface area contributed by atoms with E-state index in [0.29, 0.717) is 0 Å². The molecule has 1 amide bonds. The van der Waals surface area contributed by atoms with Crippen molar-refractivity contribution in [3.63, 3.8) is 0 Å². The Hall–Kier alpha value is -2.17. The van der Waals surface area contributed by atoms with Crippen molar-refractivity contribution in [1.82, 2.24) is 0 Å². The van der Waals surface area contributed by atoms with Crippen LogP contribution in [0.4, 0.5) is 20.2 Å². The molecule has 17 heavy (non-hydrogen) atoms. The largest absolute Gasteiger partial charge is 0.397 e. The maximum absolute atomic E-state index is 13.3. The molecule has 0 aromatic heterocycles. The maximum Gasteiger partial charge on any atom is 0.248 e. The molecule has 0 bridgehead atoms. The van der Waals surface area contributed by atoms with Crippen LogP contribution in [0.5, 0.6) is 0 Å². The number of hydrogen-bond donors (Lipinski definition) is 2. The van der Waals surface area contributed by atoms with Gasteiger partial charge >= 0.3 is 0 Å². The molecule has 5 heteroatoms. The van der Waals surface area contributed by atoms with Gasteiger partial charge < -0.3 is 11.1 Å². The summed E-state index contributed by atoms with van der Waals surface area (Å²) in [4.78, 5) is 11.3. The van der Waals surface area contributed by atoms with Crippen LogP contribution in [0.3, 0.4) is 0 Å². The Labute approximate surface area is 97.6 Å². The summed E-state index contributed by atoms with van der Waals surface area (Å²) in [7, 11) is 0. The molecule has 90 valence electrons. The second kappa shape index (κ2) is 5.79. The maximum atomic E-state index is 13.3. The number of nitrogens with one attached hydrogen (secondary N) is 1. The van der Waals surface area contributed by atoms with Crippen molar-refractivity contribution in [2.24, 2.45) is 0 Å². The van der Waals surface area contributed by atoms with Crippen molar-refractivity contribution >= 4 is 17.3 Å². The molecule has 1 rings (SSSR count). The van der Waals surface area contributed by atoms with E-state index in [4.69, 9.17) is 5.73 Å². The number of carbonyl (C=O) groups excluding carboxylic acids is 1. The summed E-state index contributed by atoms with van der Waals surface area (Å²) in [6.07, 6.45) is 6.01.